The lowest BCUT2D eigenvalue weighted by molar-refractivity contribution is -0.121. The van der Waals surface area contributed by atoms with Gasteiger partial charge in [-0.3, -0.25) is 4.79 Å². The molecule has 2 aromatic rings. The highest BCUT2D eigenvalue weighted by atomic mass is 16.5. The average Bonchev–Trinajstić information content (AvgIpc) is 3.08. The molecule has 4 heteroatoms. The Kier molecular flexibility index (Phi) is 32.7. The maximum atomic E-state index is 11.6. The Labute approximate surface area is 289 Å². The number of ether oxygens (including phenoxy) is 1. The maximum Gasteiger partial charge on any atom is 0.217 e. The first-order valence-corrected chi connectivity index (χ1v) is 16.8. The van der Waals surface area contributed by atoms with E-state index in [-0.39, 0.29) is 17.7 Å². The molecule has 5 unspecified atom stereocenters. The number of amides is 1. The summed E-state index contributed by atoms with van der Waals surface area (Å²) in [6.45, 7) is 31.5. The fourth-order valence-corrected chi connectivity index (χ4v) is 4.38. The minimum absolute atomic E-state index is 0.0729. The summed E-state index contributed by atoms with van der Waals surface area (Å²) < 4.78 is 4.96. The molecule has 4 nitrogen and oxygen atoms in total. The van der Waals surface area contributed by atoms with Gasteiger partial charge in [0.25, 0.3) is 0 Å². The van der Waals surface area contributed by atoms with Crippen molar-refractivity contribution < 1.29 is 14.6 Å². The second kappa shape index (κ2) is 32.2. The van der Waals surface area contributed by atoms with E-state index in [0.717, 1.165) is 24.2 Å². The lowest BCUT2D eigenvalue weighted by Crippen LogP contribution is -2.40. The summed E-state index contributed by atoms with van der Waals surface area (Å²) in [6.07, 6.45) is 15.8. The molecule has 0 aromatic heterocycles. The molecule has 0 fully saturated rings. The molecule has 262 valence electrons. The molecular formula is C43H67NO3. The molecule has 0 aliphatic carbocycles. The van der Waals surface area contributed by atoms with Crippen LogP contribution in [0.25, 0.3) is 0 Å². The first-order valence-electron chi connectivity index (χ1n) is 16.8. The Hall–Kier alpha value is -3.73. The smallest absolute Gasteiger partial charge is 0.217 e. The van der Waals surface area contributed by atoms with Crippen LogP contribution in [0.15, 0.2) is 129 Å². The number of rotatable bonds is 13. The molecule has 2 N–H and O–H groups in total. The van der Waals surface area contributed by atoms with Crippen molar-refractivity contribution >= 4 is 5.91 Å². The third-order valence-electron chi connectivity index (χ3n) is 7.07. The molecule has 2 aromatic carbocycles. The Bertz CT molecular complexity index is 1160. The molecule has 0 bridgehead atoms. The number of carbonyl (C=O) groups is 1. The summed E-state index contributed by atoms with van der Waals surface area (Å²) in [5.41, 5.74) is 4.76. The van der Waals surface area contributed by atoms with Gasteiger partial charge in [-0.1, -0.05) is 158 Å². The lowest BCUT2D eigenvalue weighted by atomic mass is 9.80. The molecule has 0 aliphatic rings. The van der Waals surface area contributed by atoms with E-state index < -0.39 is 12.1 Å². The SMILES string of the molecule is C/C=C\C=C/C(C)COC.C=C/C=C(\C=C)C(C)C(C)C(O)C(NC(C)=O)c1ccccc1.C=CC.CC.CCc1ccccc1C. The standard InChI is InChI=1S/C20H27NO2.C9H16O.C9H12.C3H6.C2H6/c1-6-11-17(7-2)14(3)15(4)20(23)19(21-16(5)22)18-12-9-8-10-13-18;1-4-5-6-7-9(2)8-10-3;1-3-9-7-5-4-6-8(9)2;1-3-2;1-2/h6-15,19-20,23H,1-2H2,3-5H3,(H,21,22);4-7,9H,8H2,1-3H3;4-7H,3H2,1-2H3;3H,1H2,2H3;1-2H3/b17-11+;5-4-,7-6-;;;. The molecule has 0 spiro atoms. The van der Waals surface area contributed by atoms with Crippen molar-refractivity contribution in [2.75, 3.05) is 13.7 Å². The zero-order valence-corrected chi connectivity index (χ0v) is 31.5. The van der Waals surface area contributed by atoms with Crippen LogP contribution >= 0.6 is 0 Å². The van der Waals surface area contributed by atoms with Crippen molar-refractivity contribution in [1.29, 1.82) is 0 Å². The Morgan fingerprint density at radius 3 is 1.94 bits per heavy atom. The third kappa shape index (κ3) is 23.3. The van der Waals surface area contributed by atoms with E-state index >= 15 is 0 Å². The van der Waals surface area contributed by atoms with Crippen LogP contribution < -0.4 is 5.32 Å². The first-order chi connectivity index (χ1) is 22.5. The summed E-state index contributed by atoms with van der Waals surface area (Å²) in [5, 5.41) is 13.7. The quantitative estimate of drug-likeness (QED) is 0.168. The molecule has 0 saturated carbocycles. The molecule has 0 saturated heterocycles. The number of nitrogens with one attached hydrogen (secondary N) is 1. The van der Waals surface area contributed by atoms with Crippen LogP contribution in [0.3, 0.4) is 0 Å². The predicted octanol–water partition coefficient (Wildman–Crippen LogP) is 11.0. The normalized spacial score (nSPS) is 13.7. The van der Waals surface area contributed by atoms with Gasteiger partial charge in [0.05, 0.1) is 18.8 Å². The molecule has 1 amide bonds. The van der Waals surface area contributed by atoms with E-state index in [9.17, 15) is 9.90 Å². The number of carbonyl (C=O) groups excluding carboxylic acids is 1. The second-order valence-corrected chi connectivity index (χ2v) is 10.9. The van der Waals surface area contributed by atoms with E-state index in [0.29, 0.717) is 5.92 Å². The summed E-state index contributed by atoms with van der Waals surface area (Å²) in [6, 6.07) is 17.6. The van der Waals surface area contributed by atoms with Gasteiger partial charge in [0.2, 0.25) is 5.91 Å². The van der Waals surface area contributed by atoms with Gasteiger partial charge in [-0.2, -0.15) is 0 Å². The van der Waals surface area contributed by atoms with Crippen LogP contribution in [0, 0.1) is 24.7 Å². The highest BCUT2D eigenvalue weighted by Crippen LogP contribution is 2.30. The van der Waals surface area contributed by atoms with E-state index in [2.05, 4.69) is 76.2 Å². The van der Waals surface area contributed by atoms with Crippen LogP contribution in [-0.4, -0.2) is 30.8 Å². The van der Waals surface area contributed by atoms with Crippen LogP contribution in [0.1, 0.15) is 85.0 Å². The molecule has 2 rings (SSSR count). The molecule has 0 aliphatic heterocycles. The predicted molar refractivity (Wildman–Crippen MR) is 209 cm³/mol. The molecule has 0 radical (unpaired) electrons. The van der Waals surface area contributed by atoms with Crippen molar-refractivity contribution in [3.63, 3.8) is 0 Å². The summed E-state index contributed by atoms with van der Waals surface area (Å²) >= 11 is 0. The highest BCUT2D eigenvalue weighted by molar-refractivity contribution is 5.73. The largest absolute Gasteiger partial charge is 0.390 e. The van der Waals surface area contributed by atoms with Crippen molar-refractivity contribution in [2.24, 2.45) is 17.8 Å². The molecule has 0 heterocycles. The fourth-order valence-electron chi connectivity index (χ4n) is 4.38. The zero-order chi connectivity index (χ0) is 36.6. The fraction of sp³-hybridized carbons (Fsp3) is 0.419. The Morgan fingerprint density at radius 2 is 1.51 bits per heavy atom. The Morgan fingerprint density at radius 1 is 0.957 bits per heavy atom. The van der Waals surface area contributed by atoms with Gasteiger partial charge < -0.3 is 15.2 Å². The summed E-state index contributed by atoms with van der Waals surface area (Å²) in [4.78, 5) is 11.6. The number of aliphatic hydroxyl groups is 1. The van der Waals surface area contributed by atoms with Crippen molar-refractivity contribution in [1.82, 2.24) is 5.32 Å². The van der Waals surface area contributed by atoms with Crippen molar-refractivity contribution in [3.8, 4) is 0 Å². The molecule has 5 atom stereocenters. The van der Waals surface area contributed by atoms with Gasteiger partial charge in [-0.05, 0) is 67.2 Å². The third-order valence-corrected chi connectivity index (χ3v) is 7.07. The molecule has 47 heavy (non-hydrogen) atoms. The van der Waals surface area contributed by atoms with Crippen molar-refractivity contribution in [3.05, 3.63) is 145 Å². The van der Waals surface area contributed by atoms with E-state index in [1.54, 1.807) is 25.3 Å². The van der Waals surface area contributed by atoms with Gasteiger partial charge in [0.15, 0.2) is 0 Å². The minimum Gasteiger partial charge on any atom is -0.390 e. The monoisotopic (exact) mass is 646 g/mol. The average molecular weight is 646 g/mol. The van der Waals surface area contributed by atoms with Crippen molar-refractivity contribution in [2.45, 2.75) is 87.8 Å². The summed E-state index contributed by atoms with van der Waals surface area (Å²) in [5.74, 6) is 0.362. The van der Waals surface area contributed by atoms with Gasteiger partial charge >= 0.3 is 0 Å². The van der Waals surface area contributed by atoms with Crippen LogP contribution in [0.2, 0.25) is 0 Å². The van der Waals surface area contributed by atoms with Crippen LogP contribution in [0.5, 0.6) is 0 Å². The van der Waals surface area contributed by atoms with Gasteiger partial charge in [-0.25, -0.2) is 0 Å². The number of aryl methyl sites for hydroxylation is 2. The van der Waals surface area contributed by atoms with Crippen LogP contribution in [-0.2, 0) is 16.0 Å². The zero-order valence-electron chi connectivity index (χ0n) is 31.5. The lowest BCUT2D eigenvalue weighted by Gasteiger charge is -2.32. The number of allylic oxidation sites excluding steroid dienone is 8. The number of hydrogen-bond acceptors (Lipinski definition) is 3. The maximum absolute atomic E-state index is 11.6. The van der Waals surface area contributed by atoms with E-state index in [4.69, 9.17) is 4.74 Å². The van der Waals surface area contributed by atoms with Crippen LogP contribution in [0.4, 0.5) is 0 Å². The number of hydrogen-bond donors (Lipinski definition) is 2. The van der Waals surface area contributed by atoms with Gasteiger partial charge in [0.1, 0.15) is 0 Å². The minimum atomic E-state index is -0.718. The second-order valence-electron chi connectivity index (χ2n) is 10.9. The number of benzene rings is 2. The number of aliphatic hydroxyl groups excluding tert-OH is 1. The van der Waals surface area contributed by atoms with E-state index in [1.807, 2.05) is 96.2 Å². The molecular weight excluding hydrogens is 578 g/mol. The Balaban J connectivity index is -0.000000663. The van der Waals surface area contributed by atoms with Gasteiger partial charge in [0, 0.05) is 14.0 Å². The number of methoxy groups -OCH3 is 1. The summed E-state index contributed by atoms with van der Waals surface area (Å²) in [7, 11) is 1.72. The van der Waals surface area contributed by atoms with Gasteiger partial charge in [-0.15, -0.1) is 6.58 Å². The highest BCUT2D eigenvalue weighted by Gasteiger charge is 2.30. The topological polar surface area (TPSA) is 58.6 Å². The van der Waals surface area contributed by atoms with E-state index in [1.165, 1.54) is 18.1 Å². The first kappa shape index (κ1) is 47.7.